The Balaban J connectivity index is 1.52. The summed E-state index contributed by atoms with van der Waals surface area (Å²) in [5.41, 5.74) is 11.2. The molecular weight excluding hydrogens is 327 g/mol. The molecule has 0 saturated carbocycles. The molecule has 1 aliphatic heterocycles. The van der Waals surface area contributed by atoms with Crippen LogP contribution in [-0.2, 0) is 12.8 Å². The van der Waals surface area contributed by atoms with Crippen molar-refractivity contribution in [1.82, 2.24) is 14.9 Å². The van der Waals surface area contributed by atoms with Crippen LogP contribution < -0.4 is 5.73 Å². The number of likely N-dealkylation sites (tertiary alicyclic amines) is 1. The fourth-order valence-electron chi connectivity index (χ4n) is 4.13. The Morgan fingerprint density at radius 1 is 1.15 bits per heavy atom. The highest BCUT2D eigenvalue weighted by atomic mass is 19.1. The minimum Gasteiger partial charge on any atom is -0.383 e. The molecule has 1 saturated heterocycles. The number of alkyl halides is 1. The topological polar surface area (TPSA) is 55.0 Å². The maximum atomic E-state index is 13.2. The Morgan fingerprint density at radius 3 is 2.73 bits per heavy atom. The molecule has 1 aromatic rings. The van der Waals surface area contributed by atoms with Crippen molar-refractivity contribution in [2.75, 3.05) is 25.4 Å². The highest BCUT2D eigenvalue weighted by Gasteiger charge is 2.24. The van der Waals surface area contributed by atoms with Crippen molar-refractivity contribution < 1.29 is 4.39 Å². The summed E-state index contributed by atoms with van der Waals surface area (Å²) in [6, 6.07) is 0. The van der Waals surface area contributed by atoms with Gasteiger partial charge < -0.3 is 10.6 Å². The van der Waals surface area contributed by atoms with E-state index in [2.05, 4.69) is 23.7 Å². The van der Waals surface area contributed by atoms with Crippen LogP contribution in [0.25, 0.3) is 5.57 Å². The molecule has 0 unspecified atom stereocenters. The molecule has 0 aromatic carbocycles. The van der Waals surface area contributed by atoms with E-state index in [1.807, 2.05) is 0 Å². The number of nitrogens with two attached hydrogens (primary N) is 1. The SMILES string of the molecule is CCCCc1nc(N)c2c(n1)C(CCCCCN1CC[C@@H](F)C1)=C(C)C2. The zero-order chi connectivity index (χ0) is 18.5. The number of halogens is 1. The second-order valence-electron chi connectivity index (χ2n) is 7.89. The average molecular weight is 361 g/mol. The van der Waals surface area contributed by atoms with Gasteiger partial charge in [0.1, 0.15) is 17.8 Å². The van der Waals surface area contributed by atoms with Crippen LogP contribution in [-0.4, -0.2) is 40.7 Å². The van der Waals surface area contributed by atoms with E-state index < -0.39 is 6.17 Å². The fourth-order valence-corrected chi connectivity index (χ4v) is 4.13. The molecule has 1 atom stereocenters. The number of allylic oxidation sites excluding steroid dienone is 2. The number of anilines is 1. The van der Waals surface area contributed by atoms with Crippen LogP contribution in [0.15, 0.2) is 5.57 Å². The number of aromatic nitrogens is 2. The van der Waals surface area contributed by atoms with Crippen molar-refractivity contribution in [3.8, 4) is 0 Å². The van der Waals surface area contributed by atoms with Crippen LogP contribution in [0.5, 0.6) is 0 Å². The van der Waals surface area contributed by atoms with Crippen LogP contribution in [0.2, 0.25) is 0 Å². The van der Waals surface area contributed by atoms with Crippen LogP contribution >= 0.6 is 0 Å². The molecule has 144 valence electrons. The Labute approximate surface area is 157 Å². The van der Waals surface area contributed by atoms with Crippen LogP contribution in [0.4, 0.5) is 10.2 Å². The van der Waals surface area contributed by atoms with E-state index in [0.717, 1.165) is 75.1 Å². The first kappa shape index (κ1) is 19.3. The molecule has 26 heavy (non-hydrogen) atoms. The lowest BCUT2D eigenvalue weighted by molar-refractivity contribution is 0.283. The molecule has 2 heterocycles. The van der Waals surface area contributed by atoms with E-state index in [1.54, 1.807) is 0 Å². The molecule has 2 N–H and O–H groups in total. The van der Waals surface area contributed by atoms with Crippen molar-refractivity contribution in [3.63, 3.8) is 0 Å². The molecular formula is C21H33FN4. The molecule has 1 aliphatic carbocycles. The fraction of sp³-hybridized carbons (Fsp3) is 0.714. The van der Waals surface area contributed by atoms with E-state index in [9.17, 15) is 4.39 Å². The van der Waals surface area contributed by atoms with Gasteiger partial charge in [0.05, 0.1) is 5.69 Å². The Morgan fingerprint density at radius 2 is 2.00 bits per heavy atom. The molecule has 4 nitrogen and oxygen atoms in total. The maximum absolute atomic E-state index is 13.2. The highest BCUT2D eigenvalue weighted by Crippen LogP contribution is 2.37. The zero-order valence-electron chi connectivity index (χ0n) is 16.4. The quantitative estimate of drug-likeness (QED) is 0.666. The number of hydrogen-bond acceptors (Lipinski definition) is 4. The third kappa shape index (κ3) is 4.61. The van der Waals surface area contributed by atoms with E-state index >= 15 is 0 Å². The van der Waals surface area contributed by atoms with Crippen LogP contribution in [0, 0.1) is 0 Å². The predicted octanol–water partition coefficient (Wildman–Crippen LogP) is 4.34. The summed E-state index contributed by atoms with van der Waals surface area (Å²) in [5, 5.41) is 0. The number of unbranched alkanes of at least 4 members (excludes halogenated alkanes) is 3. The maximum Gasteiger partial charge on any atom is 0.131 e. The second-order valence-corrected chi connectivity index (χ2v) is 7.89. The number of aryl methyl sites for hydroxylation is 1. The van der Waals surface area contributed by atoms with Crippen molar-refractivity contribution in [1.29, 1.82) is 0 Å². The largest absolute Gasteiger partial charge is 0.383 e. The van der Waals surface area contributed by atoms with Gasteiger partial charge in [-0.2, -0.15) is 0 Å². The molecule has 0 radical (unpaired) electrons. The third-order valence-electron chi connectivity index (χ3n) is 5.70. The number of rotatable bonds is 9. The Hall–Kier alpha value is -1.49. The lowest BCUT2D eigenvalue weighted by atomic mass is 10.0. The van der Waals surface area contributed by atoms with Gasteiger partial charge in [-0.25, -0.2) is 14.4 Å². The Kier molecular flexibility index (Phi) is 6.63. The lowest BCUT2D eigenvalue weighted by Gasteiger charge is -2.14. The minimum absolute atomic E-state index is 0.607. The summed E-state index contributed by atoms with van der Waals surface area (Å²) in [6.07, 6.45) is 8.72. The first-order valence-corrected chi connectivity index (χ1v) is 10.3. The van der Waals surface area contributed by atoms with Crippen molar-refractivity contribution in [2.24, 2.45) is 0 Å². The van der Waals surface area contributed by atoms with Gasteiger partial charge in [-0.3, -0.25) is 0 Å². The highest BCUT2D eigenvalue weighted by molar-refractivity contribution is 5.76. The summed E-state index contributed by atoms with van der Waals surface area (Å²) in [7, 11) is 0. The first-order chi connectivity index (χ1) is 12.6. The standard InChI is InChI=1S/C21H33FN4/c1-3-4-9-19-24-20-17(15(2)13-18(20)21(23)25-19)8-6-5-7-11-26-12-10-16(22)14-26/h16H,3-14H2,1-2H3,(H2,23,24,25)/t16-/m1/s1. The van der Waals surface area contributed by atoms with Crippen LogP contribution in [0.1, 0.15) is 75.9 Å². The molecule has 1 fully saturated rings. The summed E-state index contributed by atoms with van der Waals surface area (Å²) in [5.74, 6) is 1.57. The third-order valence-corrected chi connectivity index (χ3v) is 5.70. The molecule has 0 spiro atoms. The smallest absolute Gasteiger partial charge is 0.131 e. The van der Waals surface area contributed by atoms with Gasteiger partial charge in [-0.15, -0.1) is 0 Å². The Bertz CT molecular complexity index is 656. The summed E-state index contributed by atoms with van der Waals surface area (Å²) < 4.78 is 13.2. The summed E-state index contributed by atoms with van der Waals surface area (Å²) >= 11 is 0. The van der Waals surface area contributed by atoms with Gasteiger partial charge in [0.25, 0.3) is 0 Å². The van der Waals surface area contributed by atoms with Gasteiger partial charge in [0.2, 0.25) is 0 Å². The summed E-state index contributed by atoms with van der Waals surface area (Å²) in [6.45, 7) is 6.98. The van der Waals surface area contributed by atoms with Gasteiger partial charge in [-0.05, 0) is 57.6 Å². The molecule has 3 rings (SSSR count). The number of nitrogen functional groups attached to an aromatic ring is 1. The normalized spacial score (nSPS) is 20.2. The van der Waals surface area contributed by atoms with E-state index in [1.165, 1.54) is 17.6 Å². The average Bonchev–Trinajstić information content (AvgIpc) is 3.16. The molecule has 5 heteroatoms. The van der Waals surface area contributed by atoms with E-state index in [0.29, 0.717) is 18.8 Å². The molecule has 2 aliphatic rings. The molecule has 0 bridgehead atoms. The molecule has 1 aromatic heterocycles. The molecule has 0 amide bonds. The number of nitrogens with zero attached hydrogens (tertiary/aromatic N) is 3. The summed E-state index contributed by atoms with van der Waals surface area (Å²) in [4.78, 5) is 11.6. The number of hydrogen-bond donors (Lipinski definition) is 1. The van der Waals surface area contributed by atoms with E-state index in [4.69, 9.17) is 10.7 Å². The zero-order valence-corrected chi connectivity index (χ0v) is 16.4. The van der Waals surface area contributed by atoms with Gasteiger partial charge in [-0.1, -0.05) is 25.3 Å². The van der Waals surface area contributed by atoms with Crippen LogP contribution in [0.3, 0.4) is 0 Å². The second kappa shape index (κ2) is 8.94. The van der Waals surface area contributed by atoms with Crippen molar-refractivity contribution >= 4 is 11.4 Å². The van der Waals surface area contributed by atoms with E-state index in [-0.39, 0.29) is 0 Å². The minimum atomic E-state index is -0.607. The first-order valence-electron chi connectivity index (χ1n) is 10.3. The lowest BCUT2D eigenvalue weighted by Crippen LogP contribution is -2.22. The van der Waals surface area contributed by atoms with Crippen molar-refractivity contribution in [2.45, 2.75) is 77.8 Å². The van der Waals surface area contributed by atoms with Gasteiger partial charge in [0, 0.05) is 25.1 Å². The van der Waals surface area contributed by atoms with Gasteiger partial charge in [0.15, 0.2) is 0 Å². The van der Waals surface area contributed by atoms with Crippen molar-refractivity contribution in [3.05, 3.63) is 22.7 Å². The van der Waals surface area contributed by atoms with Gasteiger partial charge >= 0.3 is 0 Å². The monoisotopic (exact) mass is 360 g/mol. The number of fused-ring (bicyclic) bond motifs is 1. The predicted molar refractivity (Wildman–Crippen MR) is 106 cm³/mol.